The van der Waals surface area contributed by atoms with Crippen molar-refractivity contribution in [3.05, 3.63) is 0 Å². The number of nitrogens with one attached hydrogen (secondary N) is 2. The molecule has 1 atom stereocenters. The average Bonchev–Trinajstić information content (AvgIpc) is 2.99. The van der Waals surface area contributed by atoms with Gasteiger partial charge in [-0.3, -0.25) is 4.99 Å². The van der Waals surface area contributed by atoms with Gasteiger partial charge in [0.25, 0.3) is 0 Å². The van der Waals surface area contributed by atoms with Crippen molar-refractivity contribution in [1.29, 1.82) is 0 Å². The Hall–Kier alpha value is -0.120. The summed E-state index contributed by atoms with van der Waals surface area (Å²) >= 11 is 0. The molecule has 0 spiro atoms. The van der Waals surface area contributed by atoms with Crippen molar-refractivity contribution < 1.29 is 14.9 Å². The van der Waals surface area contributed by atoms with Gasteiger partial charge in [-0.1, -0.05) is 13.8 Å². The molecule has 0 aliphatic carbocycles. The van der Waals surface area contributed by atoms with E-state index in [9.17, 15) is 10.2 Å². The van der Waals surface area contributed by atoms with E-state index in [2.05, 4.69) is 15.6 Å². The summed E-state index contributed by atoms with van der Waals surface area (Å²) in [6, 6.07) is 0. The number of hydrogen-bond acceptors (Lipinski definition) is 4. The molecule has 0 aromatic heterocycles. The fourth-order valence-corrected chi connectivity index (χ4v) is 2.62. The van der Waals surface area contributed by atoms with Gasteiger partial charge in [0.15, 0.2) is 5.96 Å². The fraction of sp³-hybridized carbons (Fsp3) is 0.938. The van der Waals surface area contributed by atoms with Crippen LogP contribution in [0.1, 0.15) is 46.5 Å². The molecule has 1 unspecified atom stereocenters. The van der Waals surface area contributed by atoms with Gasteiger partial charge in [0, 0.05) is 31.7 Å². The minimum absolute atomic E-state index is 0. The van der Waals surface area contributed by atoms with E-state index in [0.717, 1.165) is 32.5 Å². The van der Waals surface area contributed by atoms with E-state index in [-0.39, 0.29) is 36.0 Å². The fourth-order valence-electron chi connectivity index (χ4n) is 2.62. The second kappa shape index (κ2) is 11.4. The van der Waals surface area contributed by atoms with Gasteiger partial charge in [-0.05, 0) is 32.6 Å². The van der Waals surface area contributed by atoms with Crippen LogP contribution >= 0.6 is 24.0 Å². The lowest BCUT2D eigenvalue weighted by Gasteiger charge is -2.28. The van der Waals surface area contributed by atoms with Gasteiger partial charge in [-0.2, -0.15) is 0 Å². The van der Waals surface area contributed by atoms with E-state index >= 15 is 0 Å². The summed E-state index contributed by atoms with van der Waals surface area (Å²) < 4.78 is 5.50. The van der Waals surface area contributed by atoms with E-state index in [1.165, 1.54) is 0 Å². The van der Waals surface area contributed by atoms with E-state index in [4.69, 9.17) is 4.74 Å². The first-order chi connectivity index (χ1) is 10.5. The molecule has 6 nitrogen and oxygen atoms in total. The van der Waals surface area contributed by atoms with Gasteiger partial charge in [0.05, 0.1) is 18.8 Å². The quantitative estimate of drug-likeness (QED) is 0.247. The van der Waals surface area contributed by atoms with Crippen LogP contribution in [-0.2, 0) is 4.74 Å². The van der Waals surface area contributed by atoms with Crippen molar-refractivity contribution in [3.8, 4) is 0 Å². The molecule has 1 fully saturated rings. The highest BCUT2D eigenvalue weighted by Crippen LogP contribution is 2.31. The summed E-state index contributed by atoms with van der Waals surface area (Å²) in [5.74, 6) is 0.715. The molecule has 4 N–H and O–H groups in total. The summed E-state index contributed by atoms with van der Waals surface area (Å²) in [5.41, 5.74) is -0.752. The summed E-state index contributed by atoms with van der Waals surface area (Å²) in [7, 11) is 0. The third kappa shape index (κ3) is 7.53. The molecule has 23 heavy (non-hydrogen) atoms. The molecule has 1 saturated heterocycles. The number of halogens is 1. The van der Waals surface area contributed by atoms with Crippen LogP contribution in [0.3, 0.4) is 0 Å². The van der Waals surface area contributed by atoms with E-state index in [1.807, 2.05) is 20.8 Å². The van der Waals surface area contributed by atoms with Crippen molar-refractivity contribution >= 4 is 29.9 Å². The first-order valence-electron chi connectivity index (χ1n) is 8.46. The third-order valence-electron chi connectivity index (χ3n) is 4.65. The maximum absolute atomic E-state index is 10.3. The third-order valence-corrected chi connectivity index (χ3v) is 4.65. The topological polar surface area (TPSA) is 86.1 Å². The molecule has 0 amide bonds. The van der Waals surface area contributed by atoms with Crippen LogP contribution in [0.4, 0.5) is 0 Å². The SMILES string of the molecule is CCNC(=NCC(O)(CC)CC)NCC1(CCO)CCOC1.I. The Balaban J connectivity index is 0.00000484. The predicted molar refractivity (Wildman–Crippen MR) is 105 cm³/mol. The minimum atomic E-state index is -0.735. The molecule has 0 bridgehead atoms. The zero-order valence-electron chi connectivity index (χ0n) is 14.7. The number of ether oxygens (including phenoxy) is 1. The van der Waals surface area contributed by atoms with Crippen molar-refractivity contribution in [2.75, 3.05) is 39.5 Å². The maximum Gasteiger partial charge on any atom is 0.191 e. The summed E-state index contributed by atoms with van der Waals surface area (Å²) in [6.45, 7) is 9.45. The Morgan fingerprint density at radius 3 is 2.43 bits per heavy atom. The molecule has 0 aromatic carbocycles. The Labute approximate surface area is 157 Å². The first-order valence-corrected chi connectivity index (χ1v) is 8.46. The summed E-state index contributed by atoms with van der Waals surface area (Å²) in [5, 5.41) is 26.2. The average molecular weight is 443 g/mol. The van der Waals surface area contributed by atoms with Crippen molar-refractivity contribution in [2.24, 2.45) is 10.4 Å². The highest BCUT2D eigenvalue weighted by Gasteiger charge is 2.34. The second-order valence-electron chi connectivity index (χ2n) is 6.26. The van der Waals surface area contributed by atoms with E-state index in [0.29, 0.717) is 32.0 Å². The zero-order chi connectivity index (χ0) is 16.5. The predicted octanol–water partition coefficient (Wildman–Crippen LogP) is 1.50. The molecule has 0 saturated carbocycles. The summed E-state index contributed by atoms with van der Waals surface area (Å²) in [4.78, 5) is 4.52. The molecule has 1 rings (SSSR count). The highest BCUT2D eigenvalue weighted by atomic mass is 127. The van der Waals surface area contributed by atoms with Crippen LogP contribution in [0.2, 0.25) is 0 Å². The van der Waals surface area contributed by atoms with Crippen LogP contribution in [0, 0.1) is 5.41 Å². The van der Waals surface area contributed by atoms with Gasteiger partial charge in [-0.25, -0.2) is 0 Å². The van der Waals surface area contributed by atoms with Crippen LogP contribution < -0.4 is 10.6 Å². The number of guanidine groups is 1. The van der Waals surface area contributed by atoms with Crippen LogP contribution in [0.5, 0.6) is 0 Å². The molecule has 138 valence electrons. The number of hydrogen-bond donors (Lipinski definition) is 4. The Morgan fingerprint density at radius 2 is 1.96 bits per heavy atom. The Morgan fingerprint density at radius 1 is 1.26 bits per heavy atom. The normalized spacial score (nSPS) is 21.9. The lowest BCUT2D eigenvalue weighted by molar-refractivity contribution is 0.0417. The molecule has 0 aromatic rings. The zero-order valence-corrected chi connectivity index (χ0v) is 17.1. The first kappa shape index (κ1) is 22.9. The molecular weight excluding hydrogens is 409 g/mol. The smallest absolute Gasteiger partial charge is 0.191 e. The van der Waals surface area contributed by atoms with Crippen LogP contribution in [0.25, 0.3) is 0 Å². The largest absolute Gasteiger partial charge is 0.396 e. The van der Waals surface area contributed by atoms with E-state index in [1.54, 1.807) is 0 Å². The highest BCUT2D eigenvalue weighted by molar-refractivity contribution is 14.0. The maximum atomic E-state index is 10.3. The van der Waals surface area contributed by atoms with Gasteiger partial charge in [0.1, 0.15) is 0 Å². The van der Waals surface area contributed by atoms with Crippen molar-refractivity contribution in [2.45, 2.75) is 52.1 Å². The monoisotopic (exact) mass is 443 g/mol. The molecular formula is C16H34IN3O3. The lowest BCUT2D eigenvalue weighted by atomic mass is 9.84. The lowest BCUT2D eigenvalue weighted by Crippen LogP contribution is -2.45. The van der Waals surface area contributed by atoms with Crippen LogP contribution in [-0.4, -0.2) is 61.2 Å². The summed E-state index contributed by atoms with van der Waals surface area (Å²) in [6.07, 6.45) is 3.06. The molecule has 7 heteroatoms. The number of nitrogens with zero attached hydrogens (tertiary/aromatic N) is 1. The van der Waals surface area contributed by atoms with Gasteiger partial charge in [0.2, 0.25) is 0 Å². The van der Waals surface area contributed by atoms with Gasteiger partial charge in [-0.15, -0.1) is 24.0 Å². The van der Waals surface area contributed by atoms with Crippen molar-refractivity contribution in [3.63, 3.8) is 0 Å². The van der Waals surface area contributed by atoms with Crippen molar-refractivity contribution in [1.82, 2.24) is 10.6 Å². The molecule has 1 aliphatic heterocycles. The van der Waals surface area contributed by atoms with Gasteiger partial charge < -0.3 is 25.6 Å². The van der Waals surface area contributed by atoms with Crippen LogP contribution in [0.15, 0.2) is 4.99 Å². The second-order valence-corrected chi connectivity index (χ2v) is 6.26. The molecule has 1 heterocycles. The number of rotatable bonds is 9. The minimum Gasteiger partial charge on any atom is -0.396 e. The Bertz CT molecular complexity index is 343. The van der Waals surface area contributed by atoms with Gasteiger partial charge >= 0.3 is 0 Å². The molecule has 1 aliphatic rings. The number of aliphatic hydroxyl groups excluding tert-OH is 1. The van der Waals surface area contributed by atoms with E-state index < -0.39 is 5.60 Å². The number of aliphatic imine (C=N–C) groups is 1. The molecule has 0 radical (unpaired) electrons. The number of aliphatic hydroxyl groups is 2. The Kier molecular flexibility index (Phi) is 11.4. The standard InChI is InChI=1S/C16H33N3O3.HI/c1-4-16(21,5-2)12-19-14(17-6-3)18-11-15(7-9-20)8-10-22-13-15;/h20-21H,4-13H2,1-3H3,(H2,17,18,19);1H.